The second kappa shape index (κ2) is 12.9. The predicted octanol–water partition coefficient (Wildman–Crippen LogP) is 14.5. The van der Waals surface area contributed by atoms with E-state index in [0.717, 1.165) is 67.0 Å². The number of para-hydroxylation sites is 4. The van der Waals surface area contributed by atoms with E-state index in [1.54, 1.807) is 0 Å². The van der Waals surface area contributed by atoms with E-state index in [1.807, 2.05) is 0 Å². The Morgan fingerprint density at radius 3 is 1.28 bits per heavy atom. The number of anilines is 6. The average molecular weight is 679 g/mol. The van der Waals surface area contributed by atoms with Gasteiger partial charge in [-0.25, -0.2) is 0 Å². The van der Waals surface area contributed by atoms with Crippen LogP contribution in [0.25, 0.3) is 54.6 Å². The van der Waals surface area contributed by atoms with Gasteiger partial charge in [0.05, 0.1) is 0 Å². The normalized spacial score (nSPS) is 11.4. The number of nitrogens with zero attached hydrogens (tertiary/aromatic N) is 2. The molecule has 1 heterocycles. The quantitative estimate of drug-likeness (QED) is 0.156. The van der Waals surface area contributed by atoms with E-state index in [1.165, 1.54) is 21.7 Å². The molecule has 0 aliphatic rings. The highest BCUT2D eigenvalue weighted by Crippen LogP contribution is 2.44. The van der Waals surface area contributed by atoms with Gasteiger partial charge in [0.15, 0.2) is 0 Å². The van der Waals surface area contributed by atoms with E-state index in [4.69, 9.17) is 4.42 Å². The summed E-state index contributed by atoms with van der Waals surface area (Å²) in [7, 11) is 0. The number of hydrogen-bond acceptors (Lipinski definition) is 3. The molecule has 0 radical (unpaired) electrons. The van der Waals surface area contributed by atoms with E-state index in [2.05, 4.69) is 216 Å². The van der Waals surface area contributed by atoms with Crippen molar-refractivity contribution in [2.45, 2.75) is 0 Å². The van der Waals surface area contributed by atoms with E-state index in [0.29, 0.717) is 0 Å². The molecule has 53 heavy (non-hydrogen) atoms. The van der Waals surface area contributed by atoms with Gasteiger partial charge in [0.1, 0.15) is 11.2 Å². The highest BCUT2D eigenvalue weighted by atomic mass is 16.3. The summed E-state index contributed by atoms with van der Waals surface area (Å²) in [4.78, 5) is 4.57. The third-order valence-electron chi connectivity index (χ3n) is 10.2. The summed E-state index contributed by atoms with van der Waals surface area (Å²) in [6.45, 7) is 0. The lowest BCUT2D eigenvalue weighted by atomic mass is 9.94. The predicted molar refractivity (Wildman–Crippen MR) is 224 cm³/mol. The summed E-state index contributed by atoms with van der Waals surface area (Å²) in [6, 6.07) is 73.0. The highest BCUT2D eigenvalue weighted by molar-refractivity contribution is 6.30. The van der Waals surface area contributed by atoms with Crippen LogP contribution in [-0.2, 0) is 0 Å². The molecule has 0 fully saturated rings. The lowest BCUT2D eigenvalue weighted by Crippen LogP contribution is -2.09. The fourth-order valence-corrected chi connectivity index (χ4v) is 7.77. The Hall–Kier alpha value is -7.10. The lowest BCUT2D eigenvalue weighted by molar-refractivity contribution is 0.673. The van der Waals surface area contributed by atoms with Crippen molar-refractivity contribution in [2.75, 3.05) is 9.80 Å². The van der Waals surface area contributed by atoms with E-state index < -0.39 is 0 Å². The van der Waals surface area contributed by atoms with Gasteiger partial charge in [-0.2, -0.15) is 0 Å². The van der Waals surface area contributed by atoms with Gasteiger partial charge in [-0.1, -0.05) is 115 Å². The zero-order chi connectivity index (χ0) is 35.1. The molecule has 250 valence electrons. The third-order valence-corrected chi connectivity index (χ3v) is 10.2. The number of furan rings is 1. The first kappa shape index (κ1) is 30.7. The smallest absolute Gasteiger partial charge is 0.143 e. The van der Waals surface area contributed by atoms with Gasteiger partial charge in [0.2, 0.25) is 0 Å². The second-order valence-corrected chi connectivity index (χ2v) is 13.4. The van der Waals surface area contributed by atoms with Crippen LogP contribution in [0.3, 0.4) is 0 Å². The maximum Gasteiger partial charge on any atom is 0.143 e. The summed E-state index contributed by atoms with van der Waals surface area (Å²) in [6.07, 6.45) is 0. The van der Waals surface area contributed by atoms with Crippen molar-refractivity contribution in [3.63, 3.8) is 0 Å². The molecular formula is C50H34N2O. The van der Waals surface area contributed by atoms with Gasteiger partial charge in [0.25, 0.3) is 0 Å². The fraction of sp³-hybridized carbons (Fsp3) is 0. The van der Waals surface area contributed by atoms with Crippen LogP contribution in [0.2, 0.25) is 0 Å². The van der Waals surface area contributed by atoms with Crippen LogP contribution in [-0.4, -0.2) is 0 Å². The molecule has 3 heteroatoms. The van der Waals surface area contributed by atoms with Crippen molar-refractivity contribution in [1.29, 1.82) is 0 Å². The molecule has 0 atom stereocenters. The minimum Gasteiger partial charge on any atom is -0.455 e. The number of benzene rings is 9. The molecule has 0 saturated carbocycles. The van der Waals surface area contributed by atoms with Crippen molar-refractivity contribution < 1.29 is 4.42 Å². The molecule has 0 unspecified atom stereocenters. The fourth-order valence-electron chi connectivity index (χ4n) is 7.77. The van der Waals surface area contributed by atoms with Gasteiger partial charge in [-0.05, 0) is 112 Å². The highest BCUT2D eigenvalue weighted by Gasteiger charge is 2.19. The number of hydrogen-bond donors (Lipinski definition) is 0. The van der Waals surface area contributed by atoms with Crippen molar-refractivity contribution in [3.8, 4) is 11.1 Å². The van der Waals surface area contributed by atoms with E-state index in [9.17, 15) is 0 Å². The standard InChI is InChI=1S/C50H34N2O/c1-5-15-37(16-6-1)51(38-17-7-2-8-18-38)41-28-25-35(26-29-41)36-27-31-45-47(33-36)43-23-13-14-24-44(43)49-46-32-30-42(34-48(46)53-50(45)49)52(39-19-9-3-10-20-39)40-21-11-4-12-22-40/h1-34H. The van der Waals surface area contributed by atoms with Crippen molar-refractivity contribution in [1.82, 2.24) is 0 Å². The molecule has 10 aromatic rings. The first-order chi connectivity index (χ1) is 26.3. The van der Waals surface area contributed by atoms with Gasteiger partial charge in [0, 0.05) is 56.3 Å². The lowest BCUT2D eigenvalue weighted by Gasteiger charge is -2.25. The summed E-state index contributed by atoms with van der Waals surface area (Å²) in [5.74, 6) is 0. The van der Waals surface area contributed by atoms with Crippen LogP contribution < -0.4 is 9.80 Å². The van der Waals surface area contributed by atoms with Crippen molar-refractivity contribution in [2.24, 2.45) is 0 Å². The summed E-state index contributed by atoms with van der Waals surface area (Å²) >= 11 is 0. The number of fused-ring (bicyclic) bond motifs is 8. The Morgan fingerprint density at radius 2 is 0.717 bits per heavy atom. The Balaban J connectivity index is 1.09. The molecule has 1 aromatic heterocycles. The molecule has 0 saturated heterocycles. The molecule has 3 nitrogen and oxygen atoms in total. The van der Waals surface area contributed by atoms with Gasteiger partial charge < -0.3 is 14.2 Å². The van der Waals surface area contributed by atoms with Crippen LogP contribution in [0.1, 0.15) is 0 Å². The average Bonchev–Trinajstić information content (AvgIpc) is 3.62. The minimum absolute atomic E-state index is 0.869. The summed E-state index contributed by atoms with van der Waals surface area (Å²) in [5, 5.41) is 6.97. The molecule has 9 aromatic carbocycles. The first-order valence-electron chi connectivity index (χ1n) is 18.0. The van der Waals surface area contributed by atoms with Gasteiger partial charge >= 0.3 is 0 Å². The second-order valence-electron chi connectivity index (χ2n) is 13.4. The molecule has 0 N–H and O–H groups in total. The van der Waals surface area contributed by atoms with Crippen LogP contribution in [0, 0.1) is 0 Å². The Morgan fingerprint density at radius 1 is 0.283 bits per heavy atom. The molecule has 10 rings (SSSR count). The topological polar surface area (TPSA) is 19.6 Å². The summed E-state index contributed by atoms with van der Waals surface area (Å²) < 4.78 is 6.88. The molecule has 0 spiro atoms. The molecule has 0 aliphatic heterocycles. The number of rotatable bonds is 7. The Labute approximate surface area is 308 Å². The molecule has 0 aliphatic carbocycles. The van der Waals surface area contributed by atoms with E-state index >= 15 is 0 Å². The van der Waals surface area contributed by atoms with Crippen LogP contribution in [0.4, 0.5) is 34.1 Å². The Kier molecular flexibility index (Phi) is 7.47. The molecular weight excluding hydrogens is 645 g/mol. The molecule has 0 bridgehead atoms. The summed E-state index contributed by atoms with van der Waals surface area (Å²) in [5.41, 5.74) is 10.7. The monoisotopic (exact) mass is 678 g/mol. The largest absolute Gasteiger partial charge is 0.455 e. The van der Waals surface area contributed by atoms with Gasteiger partial charge in [-0.15, -0.1) is 0 Å². The third kappa shape index (κ3) is 5.38. The zero-order valence-corrected chi connectivity index (χ0v) is 28.9. The zero-order valence-electron chi connectivity index (χ0n) is 28.9. The maximum absolute atomic E-state index is 6.88. The van der Waals surface area contributed by atoms with Crippen LogP contribution in [0.5, 0.6) is 0 Å². The SMILES string of the molecule is c1ccc(N(c2ccccc2)c2ccc(-c3ccc4c(c3)c3ccccc3c3c5ccc(N(c6ccccc6)c6ccccc6)cc5oc43)cc2)cc1. The van der Waals surface area contributed by atoms with Crippen LogP contribution in [0.15, 0.2) is 211 Å². The van der Waals surface area contributed by atoms with Crippen molar-refractivity contribution in [3.05, 3.63) is 206 Å². The van der Waals surface area contributed by atoms with Crippen LogP contribution >= 0.6 is 0 Å². The van der Waals surface area contributed by atoms with Gasteiger partial charge in [-0.3, -0.25) is 0 Å². The van der Waals surface area contributed by atoms with E-state index in [-0.39, 0.29) is 0 Å². The first-order valence-corrected chi connectivity index (χ1v) is 18.0. The Bertz CT molecular complexity index is 2790. The minimum atomic E-state index is 0.869. The maximum atomic E-state index is 6.88. The van der Waals surface area contributed by atoms with Crippen molar-refractivity contribution >= 4 is 77.6 Å². The molecule has 0 amide bonds.